The Morgan fingerprint density at radius 1 is 0.952 bits per heavy atom. The van der Waals surface area contributed by atoms with Crippen LogP contribution in [0.25, 0.3) is 21.5 Å². The van der Waals surface area contributed by atoms with E-state index in [2.05, 4.69) is 0 Å². The molecule has 0 amide bonds. The van der Waals surface area contributed by atoms with E-state index in [4.69, 9.17) is 0 Å². The highest BCUT2D eigenvalue weighted by Gasteiger charge is 2.17. The third-order valence-corrected chi connectivity index (χ3v) is 4.20. The Morgan fingerprint density at radius 2 is 1.52 bits per heavy atom. The lowest BCUT2D eigenvalue weighted by molar-refractivity contribution is -0.383. The molecule has 0 heterocycles. The first-order valence-corrected chi connectivity index (χ1v) is 7.39. The lowest BCUT2D eigenvalue weighted by atomic mass is 10.0. The van der Waals surface area contributed by atoms with Crippen molar-refractivity contribution in [3.63, 3.8) is 0 Å². The van der Waals surface area contributed by atoms with Crippen molar-refractivity contribution in [2.45, 2.75) is 4.90 Å². The summed E-state index contributed by atoms with van der Waals surface area (Å²) in [6.07, 6.45) is 0. The van der Waals surface area contributed by atoms with E-state index in [1.165, 1.54) is 30.3 Å². The van der Waals surface area contributed by atoms with Crippen LogP contribution in [0.15, 0.2) is 53.4 Å². The van der Waals surface area contributed by atoms with Gasteiger partial charge in [-0.15, -0.1) is 0 Å². The van der Waals surface area contributed by atoms with Crippen molar-refractivity contribution in [1.82, 2.24) is 0 Å². The zero-order valence-electron chi connectivity index (χ0n) is 10.6. The average Bonchev–Trinajstić information content (AvgIpc) is 2.42. The molecule has 21 heavy (non-hydrogen) atoms. The molecule has 0 bridgehead atoms. The molecule has 0 radical (unpaired) electrons. The summed E-state index contributed by atoms with van der Waals surface area (Å²) in [5.74, 6) is 0. The average molecular weight is 303 g/mol. The van der Waals surface area contributed by atoms with Gasteiger partial charge in [-0.1, -0.05) is 24.3 Å². The molecule has 0 aliphatic rings. The van der Waals surface area contributed by atoms with E-state index < -0.39 is 15.0 Å². The Morgan fingerprint density at radius 3 is 2.14 bits per heavy atom. The maximum atomic E-state index is 11.4. The predicted octanol–water partition coefficient (Wildman–Crippen LogP) is 3.15. The van der Waals surface area contributed by atoms with Crippen molar-refractivity contribution in [2.24, 2.45) is 0 Å². The molecule has 0 fully saturated rings. The molecule has 3 rings (SSSR count). The summed E-state index contributed by atoms with van der Waals surface area (Å²) in [6.45, 7) is 0. The van der Waals surface area contributed by atoms with Gasteiger partial charge in [-0.2, -0.15) is 8.42 Å². The fourth-order valence-corrected chi connectivity index (χ4v) is 3.10. The predicted molar refractivity (Wildman–Crippen MR) is 77.9 cm³/mol. The van der Waals surface area contributed by atoms with E-state index in [-0.39, 0.29) is 10.6 Å². The van der Waals surface area contributed by atoms with Crippen LogP contribution < -0.4 is 0 Å². The Kier molecular flexibility index (Phi) is 2.89. The van der Waals surface area contributed by atoms with Crippen LogP contribution in [0.1, 0.15) is 0 Å². The molecule has 106 valence electrons. The van der Waals surface area contributed by atoms with Crippen LogP contribution in [0.4, 0.5) is 5.69 Å². The van der Waals surface area contributed by atoms with Gasteiger partial charge in [-0.05, 0) is 29.0 Å². The summed E-state index contributed by atoms with van der Waals surface area (Å²) >= 11 is 0. The van der Waals surface area contributed by atoms with Crippen LogP contribution in [0, 0.1) is 10.1 Å². The maximum Gasteiger partial charge on any atom is 0.295 e. The lowest BCUT2D eigenvalue weighted by Gasteiger charge is -2.06. The molecule has 3 aromatic carbocycles. The summed E-state index contributed by atoms with van der Waals surface area (Å²) in [4.78, 5) is 10.3. The third-order valence-electron chi connectivity index (χ3n) is 3.29. The first kappa shape index (κ1) is 13.5. The van der Waals surface area contributed by atoms with Gasteiger partial charge >= 0.3 is 0 Å². The van der Waals surface area contributed by atoms with Gasteiger partial charge in [-0.25, -0.2) is 0 Å². The molecule has 0 aliphatic carbocycles. The first-order valence-electron chi connectivity index (χ1n) is 5.95. The highest BCUT2D eigenvalue weighted by atomic mass is 32.2. The second kappa shape index (κ2) is 4.51. The van der Waals surface area contributed by atoms with E-state index in [9.17, 15) is 23.1 Å². The molecule has 0 spiro atoms. The SMILES string of the molecule is O=[N+]([O-])c1cccc2cc3c(S(=O)(=O)O)cccc3cc12. The Balaban J connectivity index is 2.49. The maximum absolute atomic E-state index is 11.4. The summed E-state index contributed by atoms with van der Waals surface area (Å²) < 4.78 is 32.1. The summed E-state index contributed by atoms with van der Waals surface area (Å²) in [5.41, 5.74) is -0.0494. The molecule has 0 atom stereocenters. The van der Waals surface area contributed by atoms with E-state index in [1.54, 1.807) is 18.2 Å². The molecule has 0 saturated heterocycles. The van der Waals surface area contributed by atoms with E-state index in [1.807, 2.05) is 0 Å². The number of nitrogens with zero attached hydrogens (tertiary/aromatic N) is 1. The topological polar surface area (TPSA) is 97.5 Å². The van der Waals surface area contributed by atoms with Crippen LogP contribution in [-0.2, 0) is 10.1 Å². The number of rotatable bonds is 2. The Hall–Kier alpha value is -2.51. The van der Waals surface area contributed by atoms with Gasteiger partial charge < -0.3 is 0 Å². The quantitative estimate of drug-likeness (QED) is 0.339. The summed E-state index contributed by atoms with van der Waals surface area (Å²) in [6, 6.07) is 12.1. The fraction of sp³-hybridized carbons (Fsp3) is 0. The van der Waals surface area contributed by atoms with Crippen LogP contribution in [0.3, 0.4) is 0 Å². The monoisotopic (exact) mass is 303 g/mol. The number of nitro benzene ring substituents is 1. The number of hydrogen-bond donors (Lipinski definition) is 1. The molecule has 1 N–H and O–H groups in total. The van der Waals surface area contributed by atoms with Crippen molar-refractivity contribution in [3.05, 3.63) is 58.6 Å². The van der Waals surface area contributed by atoms with Gasteiger partial charge in [0.05, 0.1) is 10.3 Å². The number of nitro groups is 1. The van der Waals surface area contributed by atoms with Crippen LogP contribution in [-0.4, -0.2) is 17.9 Å². The number of hydrogen-bond acceptors (Lipinski definition) is 4. The minimum absolute atomic E-state index is 0.0494. The molecular weight excluding hydrogens is 294 g/mol. The van der Waals surface area contributed by atoms with Crippen molar-refractivity contribution in [1.29, 1.82) is 0 Å². The van der Waals surface area contributed by atoms with Gasteiger partial charge in [0.25, 0.3) is 15.8 Å². The van der Waals surface area contributed by atoms with Gasteiger partial charge in [-0.3, -0.25) is 14.7 Å². The molecule has 0 unspecified atom stereocenters. The van der Waals surface area contributed by atoms with Crippen molar-refractivity contribution >= 4 is 37.4 Å². The smallest absolute Gasteiger partial charge is 0.282 e. The highest BCUT2D eigenvalue weighted by Crippen LogP contribution is 2.32. The van der Waals surface area contributed by atoms with E-state index in [0.29, 0.717) is 21.5 Å². The number of benzene rings is 3. The fourth-order valence-electron chi connectivity index (χ4n) is 2.39. The zero-order chi connectivity index (χ0) is 15.2. The van der Waals surface area contributed by atoms with E-state index >= 15 is 0 Å². The normalized spacial score (nSPS) is 11.9. The number of fused-ring (bicyclic) bond motifs is 2. The molecule has 0 aromatic heterocycles. The van der Waals surface area contributed by atoms with Gasteiger partial charge in [0.2, 0.25) is 0 Å². The van der Waals surface area contributed by atoms with Gasteiger partial charge in [0.1, 0.15) is 4.90 Å². The minimum Gasteiger partial charge on any atom is -0.282 e. The lowest BCUT2D eigenvalue weighted by Crippen LogP contribution is -1.99. The molecule has 3 aromatic rings. The third kappa shape index (κ3) is 2.22. The minimum atomic E-state index is -4.36. The molecule has 0 saturated carbocycles. The second-order valence-corrected chi connectivity index (χ2v) is 5.95. The standard InChI is InChI=1S/C14H9NO5S/c16-15(17)13-5-1-3-9-8-12-10(7-11(9)13)4-2-6-14(12)21(18,19)20/h1-8H,(H,18,19,20). The number of non-ortho nitro benzene ring substituents is 1. The van der Waals surface area contributed by atoms with Gasteiger partial charge in [0.15, 0.2) is 0 Å². The van der Waals surface area contributed by atoms with Gasteiger partial charge in [0, 0.05) is 11.5 Å². The van der Waals surface area contributed by atoms with Crippen molar-refractivity contribution < 1.29 is 17.9 Å². The second-order valence-electron chi connectivity index (χ2n) is 4.56. The molecular formula is C14H9NO5S. The first-order chi connectivity index (χ1) is 9.88. The molecule has 0 aliphatic heterocycles. The summed E-state index contributed by atoms with van der Waals surface area (Å²) in [5, 5.41) is 12.8. The summed E-state index contributed by atoms with van der Waals surface area (Å²) in [7, 11) is -4.36. The largest absolute Gasteiger partial charge is 0.295 e. The Labute approximate surface area is 119 Å². The highest BCUT2D eigenvalue weighted by molar-refractivity contribution is 7.86. The molecule has 7 heteroatoms. The van der Waals surface area contributed by atoms with Crippen molar-refractivity contribution in [2.75, 3.05) is 0 Å². The zero-order valence-corrected chi connectivity index (χ0v) is 11.4. The Bertz CT molecular complexity index is 995. The van der Waals surface area contributed by atoms with Crippen LogP contribution >= 0.6 is 0 Å². The van der Waals surface area contributed by atoms with Crippen molar-refractivity contribution in [3.8, 4) is 0 Å². The molecule has 6 nitrogen and oxygen atoms in total. The van der Waals surface area contributed by atoms with Crippen LogP contribution in [0.2, 0.25) is 0 Å². The van der Waals surface area contributed by atoms with Crippen LogP contribution in [0.5, 0.6) is 0 Å². The van der Waals surface area contributed by atoms with E-state index in [0.717, 1.165) is 0 Å².